The van der Waals surface area contributed by atoms with Crippen molar-refractivity contribution in [3.63, 3.8) is 0 Å². The van der Waals surface area contributed by atoms with Gasteiger partial charge in [0, 0.05) is 28.1 Å². The molecule has 1 amide bonds. The number of benzene rings is 2. The monoisotopic (exact) mass is 395 g/mol. The summed E-state index contributed by atoms with van der Waals surface area (Å²) in [6.45, 7) is 0.536. The van der Waals surface area contributed by atoms with E-state index in [1.807, 2.05) is 36.4 Å². The average molecular weight is 396 g/mol. The maximum atomic E-state index is 12.6. The Balaban J connectivity index is 1.46. The van der Waals surface area contributed by atoms with Crippen LogP contribution in [-0.4, -0.2) is 22.8 Å². The second kappa shape index (κ2) is 7.78. The van der Waals surface area contributed by atoms with E-state index in [1.54, 1.807) is 36.4 Å². The fraction of sp³-hybridized carbons (Fsp3) is 0.143. The van der Waals surface area contributed by atoms with Crippen molar-refractivity contribution in [1.82, 2.24) is 9.78 Å². The Labute approximate surface area is 166 Å². The van der Waals surface area contributed by atoms with Gasteiger partial charge in [-0.3, -0.25) is 4.79 Å². The lowest BCUT2D eigenvalue weighted by molar-refractivity contribution is -0.115. The number of furan rings is 1. The Morgan fingerprint density at radius 1 is 1.21 bits per heavy atom. The van der Waals surface area contributed by atoms with Crippen molar-refractivity contribution in [2.45, 2.75) is 13.0 Å². The lowest BCUT2D eigenvalue weighted by atomic mass is 10.1. The van der Waals surface area contributed by atoms with E-state index >= 15 is 0 Å². The van der Waals surface area contributed by atoms with Gasteiger partial charge in [-0.1, -0.05) is 23.7 Å². The normalized spacial score (nSPS) is 10.9. The Hall–Kier alpha value is -3.25. The molecule has 0 bridgehead atoms. The van der Waals surface area contributed by atoms with Crippen molar-refractivity contribution in [2.24, 2.45) is 0 Å². The lowest BCUT2D eigenvalue weighted by Gasteiger charge is -2.09. The summed E-state index contributed by atoms with van der Waals surface area (Å²) in [7, 11) is 1.60. The van der Waals surface area contributed by atoms with Crippen LogP contribution in [-0.2, 0) is 17.8 Å². The van der Waals surface area contributed by atoms with Gasteiger partial charge in [0.25, 0.3) is 0 Å². The third kappa shape index (κ3) is 3.87. The highest BCUT2D eigenvalue weighted by Gasteiger charge is 2.13. The minimum atomic E-state index is -0.142. The second-order valence-electron chi connectivity index (χ2n) is 6.35. The van der Waals surface area contributed by atoms with Crippen molar-refractivity contribution in [3.05, 3.63) is 77.1 Å². The Morgan fingerprint density at radius 2 is 2.04 bits per heavy atom. The van der Waals surface area contributed by atoms with E-state index in [0.717, 1.165) is 16.5 Å². The summed E-state index contributed by atoms with van der Waals surface area (Å²) >= 11 is 5.93. The summed E-state index contributed by atoms with van der Waals surface area (Å²) in [5.41, 5.74) is 2.55. The average Bonchev–Trinajstić information content (AvgIpc) is 3.30. The number of fused-ring (bicyclic) bond motifs is 1. The molecular formula is C21H18ClN3O3. The SMILES string of the molecule is COc1ccc2c(CC(=O)Nc3ccnn3Cc3ccc(Cl)cc3)coc2c1. The summed E-state index contributed by atoms with van der Waals surface area (Å²) in [5.74, 6) is 1.20. The van der Waals surface area contributed by atoms with Gasteiger partial charge in [0.2, 0.25) is 5.91 Å². The quantitative estimate of drug-likeness (QED) is 0.521. The zero-order chi connectivity index (χ0) is 19.5. The number of halogens is 1. The van der Waals surface area contributed by atoms with Crippen LogP contribution >= 0.6 is 11.6 Å². The first-order valence-corrected chi connectivity index (χ1v) is 9.10. The first kappa shape index (κ1) is 18.1. The maximum Gasteiger partial charge on any atom is 0.230 e. The Kier molecular flexibility index (Phi) is 5.04. The van der Waals surface area contributed by atoms with Gasteiger partial charge in [0.1, 0.15) is 17.2 Å². The number of carbonyl (C=O) groups excluding carboxylic acids is 1. The number of anilines is 1. The molecule has 0 fully saturated rings. The molecule has 0 aliphatic rings. The summed E-state index contributed by atoms with van der Waals surface area (Å²) in [6, 6.07) is 14.8. The molecule has 0 spiro atoms. The fourth-order valence-electron chi connectivity index (χ4n) is 3.02. The predicted octanol–water partition coefficient (Wildman–Crippen LogP) is 4.52. The van der Waals surface area contributed by atoms with Crippen LogP contribution in [0.5, 0.6) is 5.75 Å². The van der Waals surface area contributed by atoms with Gasteiger partial charge in [0.05, 0.1) is 32.5 Å². The van der Waals surface area contributed by atoms with E-state index < -0.39 is 0 Å². The highest BCUT2D eigenvalue weighted by atomic mass is 35.5. The molecule has 2 aromatic carbocycles. The number of hydrogen-bond donors (Lipinski definition) is 1. The number of amides is 1. The van der Waals surface area contributed by atoms with E-state index in [9.17, 15) is 4.79 Å². The standard InChI is InChI=1S/C21H18ClN3O3/c1-27-17-6-7-18-15(13-28-19(18)11-17)10-21(26)24-20-8-9-23-25(20)12-14-2-4-16(22)5-3-14/h2-9,11,13H,10,12H2,1H3,(H,24,26). The number of ether oxygens (including phenoxy) is 1. The molecule has 28 heavy (non-hydrogen) atoms. The van der Waals surface area contributed by atoms with Gasteiger partial charge >= 0.3 is 0 Å². The van der Waals surface area contributed by atoms with Crippen molar-refractivity contribution >= 4 is 34.3 Å². The molecule has 0 aliphatic carbocycles. The number of carbonyl (C=O) groups is 1. The molecule has 0 unspecified atom stereocenters. The van der Waals surface area contributed by atoms with Crippen LogP contribution in [0.25, 0.3) is 11.0 Å². The number of hydrogen-bond acceptors (Lipinski definition) is 4. The van der Waals surface area contributed by atoms with Gasteiger partial charge < -0.3 is 14.5 Å². The Morgan fingerprint density at radius 3 is 2.82 bits per heavy atom. The third-order valence-corrected chi connectivity index (χ3v) is 4.70. The van der Waals surface area contributed by atoms with Crippen LogP contribution in [0.1, 0.15) is 11.1 Å². The highest BCUT2D eigenvalue weighted by molar-refractivity contribution is 6.30. The molecule has 4 aromatic rings. The number of aromatic nitrogens is 2. The van der Waals surface area contributed by atoms with Crippen molar-refractivity contribution < 1.29 is 13.9 Å². The molecular weight excluding hydrogens is 378 g/mol. The molecule has 7 heteroatoms. The molecule has 0 atom stereocenters. The fourth-order valence-corrected chi connectivity index (χ4v) is 3.14. The summed E-state index contributed by atoms with van der Waals surface area (Å²) in [6.07, 6.45) is 3.46. The number of rotatable bonds is 6. The van der Waals surface area contributed by atoms with Crippen LogP contribution in [0, 0.1) is 0 Å². The molecule has 6 nitrogen and oxygen atoms in total. The molecule has 0 saturated carbocycles. The Bertz CT molecular complexity index is 1120. The highest BCUT2D eigenvalue weighted by Crippen LogP contribution is 2.26. The molecule has 0 aliphatic heterocycles. The molecule has 2 heterocycles. The maximum absolute atomic E-state index is 12.6. The topological polar surface area (TPSA) is 69.3 Å². The van der Waals surface area contributed by atoms with Crippen LogP contribution in [0.3, 0.4) is 0 Å². The van der Waals surface area contributed by atoms with Crippen LogP contribution in [0.2, 0.25) is 5.02 Å². The van der Waals surface area contributed by atoms with Crippen LogP contribution in [0.15, 0.2) is 65.4 Å². The summed E-state index contributed by atoms with van der Waals surface area (Å²) in [4.78, 5) is 12.6. The van der Waals surface area contributed by atoms with E-state index in [2.05, 4.69) is 10.4 Å². The molecule has 4 rings (SSSR count). The van der Waals surface area contributed by atoms with E-state index in [1.165, 1.54) is 0 Å². The minimum absolute atomic E-state index is 0.142. The first-order chi connectivity index (χ1) is 13.6. The molecule has 0 radical (unpaired) electrons. The van der Waals surface area contributed by atoms with Crippen molar-refractivity contribution in [1.29, 1.82) is 0 Å². The third-order valence-electron chi connectivity index (χ3n) is 4.44. The van der Waals surface area contributed by atoms with Gasteiger partial charge in [-0.2, -0.15) is 5.10 Å². The smallest absolute Gasteiger partial charge is 0.230 e. The van der Waals surface area contributed by atoms with Crippen LogP contribution in [0.4, 0.5) is 5.82 Å². The first-order valence-electron chi connectivity index (χ1n) is 8.72. The van der Waals surface area contributed by atoms with Gasteiger partial charge in [0.15, 0.2) is 0 Å². The zero-order valence-corrected chi connectivity index (χ0v) is 15.9. The minimum Gasteiger partial charge on any atom is -0.497 e. The number of nitrogens with one attached hydrogen (secondary N) is 1. The van der Waals surface area contributed by atoms with Crippen molar-refractivity contribution in [3.8, 4) is 5.75 Å². The number of methoxy groups -OCH3 is 1. The second-order valence-corrected chi connectivity index (χ2v) is 6.78. The predicted molar refractivity (Wildman–Crippen MR) is 108 cm³/mol. The molecule has 1 N–H and O–H groups in total. The van der Waals surface area contributed by atoms with E-state index in [-0.39, 0.29) is 12.3 Å². The summed E-state index contributed by atoms with van der Waals surface area (Å²) < 4.78 is 12.5. The van der Waals surface area contributed by atoms with E-state index in [0.29, 0.717) is 28.7 Å². The molecule has 2 aromatic heterocycles. The zero-order valence-electron chi connectivity index (χ0n) is 15.2. The largest absolute Gasteiger partial charge is 0.497 e. The van der Waals surface area contributed by atoms with Crippen LogP contribution < -0.4 is 10.1 Å². The number of nitrogens with zero attached hydrogens (tertiary/aromatic N) is 2. The molecule has 142 valence electrons. The van der Waals surface area contributed by atoms with Crippen molar-refractivity contribution in [2.75, 3.05) is 12.4 Å². The lowest BCUT2D eigenvalue weighted by Crippen LogP contribution is -2.17. The van der Waals surface area contributed by atoms with Gasteiger partial charge in [-0.15, -0.1) is 0 Å². The summed E-state index contributed by atoms with van der Waals surface area (Å²) in [5, 5.41) is 8.78. The van der Waals surface area contributed by atoms with Gasteiger partial charge in [-0.25, -0.2) is 4.68 Å². The van der Waals surface area contributed by atoms with E-state index in [4.69, 9.17) is 20.8 Å². The molecule has 0 saturated heterocycles. The van der Waals surface area contributed by atoms with Gasteiger partial charge in [-0.05, 0) is 29.8 Å².